The predicted octanol–water partition coefficient (Wildman–Crippen LogP) is 4.71. The molecule has 0 aromatic heterocycles. The second-order valence-electron chi connectivity index (χ2n) is 6.25. The van der Waals surface area contributed by atoms with Crippen LogP contribution >= 0.6 is 0 Å². The maximum atomic E-state index is 12.0. The average molecular weight is 269 g/mol. The summed E-state index contributed by atoms with van der Waals surface area (Å²) in [4.78, 5) is 12.0. The zero-order valence-electron chi connectivity index (χ0n) is 13.4. The highest BCUT2D eigenvalue weighted by molar-refractivity contribution is 5.81. The Morgan fingerprint density at radius 2 is 1.47 bits per heavy atom. The number of unbranched alkanes of at least 4 members (excludes halogenated alkanes) is 7. The van der Waals surface area contributed by atoms with Gasteiger partial charge in [-0.25, -0.2) is 0 Å². The Bertz CT molecular complexity index is 213. The molecular formula is C17H35NO. The molecule has 0 saturated heterocycles. The SMILES string of the molecule is CCCCCCCCCCC(=O)C(CN)CC(C)C. The Labute approximate surface area is 120 Å². The molecule has 1 unspecified atom stereocenters. The van der Waals surface area contributed by atoms with Gasteiger partial charge in [0.15, 0.2) is 0 Å². The fourth-order valence-corrected chi connectivity index (χ4v) is 2.57. The Hall–Kier alpha value is -0.370. The molecule has 0 aliphatic rings. The first-order valence-corrected chi connectivity index (χ1v) is 8.34. The van der Waals surface area contributed by atoms with Crippen LogP contribution in [0.5, 0.6) is 0 Å². The van der Waals surface area contributed by atoms with Crippen molar-refractivity contribution in [2.45, 2.75) is 85.0 Å². The van der Waals surface area contributed by atoms with Crippen LogP contribution in [0.25, 0.3) is 0 Å². The lowest BCUT2D eigenvalue weighted by Crippen LogP contribution is -2.25. The van der Waals surface area contributed by atoms with Crippen LogP contribution in [-0.4, -0.2) is 12.3 Å². The lowest BCUT2D eigenvalue weighted by Gasteiger charge is -2.15. The van der Waals surface area contributed by atoms with Crippen LogP contribution in [0.15, 0.2) is 0 Å². The topological polar surface area (TPSA) is 43.1 Å². The fraction of sp³-hybridized carbons (Fsp3) is 0.941. The number of Topliss-reactive ketones (excluding diaryl/α,β-unsaturated/α-hetero) is 1. The first-order chi connectivity index (χ1) is 9.11. The second-order valence-corrected chi connectivity index (χ2v) is 6.25. The van der Waals surface area contributed by atoms with Gasteiger partial charge in [0.05, 0.1) is 0 Å². The highest BCUT2D eigenvalue weighted by Crippen LogP contribution is 2.16. The Kier molecular flexibility index (Phi) is 12.4. The summed E-state index contributed by atoms with van der Waals surface area (Å²) in [5.74, 6) is 1.06. The van der Waals surface area contributed by atoms with Gasteiger partial charge in [-0.05, 0) is 18.8 Å². The summed E-state index contributed by atoms with van der Waals surface area (Å²) in [5.41, 5.74) is 5.70. The minimum Gasteiger partial charge on any atom is -0.330 e. The van der Waals surface area contributed by atoms with Gasteiger partial charge in [-0.15, -0.1) is 0 Å². The van der Waals surface area contributed by atoms with E-state index in [1.54, 1.807) is 0 Å². The molecule has 19 heavy (non-hydrogen) atoms. The van der Waals surface area contributed by atoms with Gasteiger partial charge in [0.1, 0.15) is 5.78 Å². The van der Waals surface area contributed by atoms with E-state index in [4.69, 9.17) is 5.73 Å². The summed E-state index contributed by atoms with van der Waals surface area (Å²) in [6, 6.07) is 0. The van der Waals surface area contributed by atoms with Crippen molar-refractivity contribution >= 4 is 5.78 Å². The molecule has 0 fully saturated rings. The maximum absolute atomic E-state index is 12.0. The zero-order valence-corrected chi connectivity index (χ0v) is 13.4. The summed E-state index contributed by atoms with van der Waals surface area (Å²) in [7, 11) is 0. The van der Waals surface area contributed by atoms with Crippen LogP contribution in [-0.2, 0) is 4.79 Å². The van der Waals surface area contributed by atoms with Crippen molar-refractivity contribution in [3.05, 3.63) is 0 Å². The minimum absolute atomic E-state index is 0.101. The number of carbonyl (C=O) groups excluding carboxylic acids is 1. The van der Waals surface area contributed by atoms with Crippen LogP contribution in [0.1, 0.15) is 85.0 Å². The average Bonchev–Trinajstić information content (AvgIpc) is 2.38. The van der Waals surface area contributed by atoms with Gasteiger partial charge in [0.2, 0.25) is 0 Å². The number of hydrogen-bond acceptors (Lipinski definition) is 2. The summed E-state index contributed by atoms with van der Waals surface area (Å²) < 4.78 is 0. The predicted molar refractivity (Wildman–Crippen MR) is 84.2 cm³/mol. The van der Waals surface area contributed by atoms with Gasteiger partial charge in [0.25, 0.3) is 0 Å². The van der Waals surface area contributed by atoms with Gasteiger partial charge in [-0.2, -0.15) is 0 Å². The van der Waals surface area contributed by atoms with Gasteiger partial charge in [0, 0.05) is 18.9 Å². The number of carbonyl (C=O) groups is 1. The Morgan fingerprint density at radius 3 is 1.95 bits per heavy atom. The third-order valence-electron chi connectivity index (χ3n) is 3.77. The summed E-state index contributed by atoms with van der Waals surface area (Å²) in [5, 5.41) is 0. The van der Waals surface area contributed by atoms with Gasteiger partial charge in [-0.1, -0.05) is 65.7 Å². The maximum Gasteiger partial charge on any atom is 0.137 e. The van der Waals surface area contributed by atoms with E-state index in [0.29, 0.717) is 18.2 Å². The van der Waals surface area contributed by atoms with E-state index < -0.39 is 0 Å². The molecule has 0 aliphatic carbocycles. The third kappa shape index (κ3) is 11.2. The molecule has 1 atom stereocenters. The molecule has 0 radical (unpaired) electrons. The molecule has 0 bridgehead atoms. The molecule has 0 amide bonds. The molecule has 0 aromatic rings. The van der Waals surface area contributed by atoms with Crippen molar-refractivity contribution in [1.82, 2.24) is 0 Å². The van der Waals surface area contributed by atoms with Crippen molar-refractivity contribution in [2.75, 3.05) is 6.54 Å². The van der Waals surface area contributed by atoms with Crippen LogP contribution in [0.2, 0.25) is 0 Å². The Morgan fingerprint density at radius 1 is 0.947 bits per heavy atom. The van der Waals surface area contributed by atoms with Gasteiger partial charge in [-0.3, -0.25) is 4.79 Å². The fourth-order valence-electron chi connectivity index (χ4n) is 2.57. The van der Waals surface area contributed by atoms with E-state index in [0.717, 1.165) is 19.3 Å². The highest BCUT2D eigenvalue weighted by atomic mass is 16.1. The molecule has 2 heteroatoms. The molecule has 0 spiro atoms. The smallest absolute Gasteiger partial charge is 0.137 e. The molecule has 2 N–H and O–H groups in total. The highest BCUT2D eigenvalue weighted by Gasteiger charge is 2.17. The first kappa shape index (κ1) is 18.6. The molecule has 0 rings (SSSR count). The quantitative estimate of drug-likeness (QED) is 0.492. The zero-order chi connectivity index (χ0) is 14.5. The molecule has 0 saturated carbocycles. The van der Waals surface area contributed by atoms with Crippen molar-refractivity contribution in [3.8, 4) is 0 Å². The lowest BCUT2D eigenvalue weighted by atomic mass is 9.90. The molecular weight excluding hydrogens is 234 g/mol. The van der Waals surface area contributed by atoms with Crippen molar-refractivity contribution in [3.63, 3.8) is 0 Å². The number of hydrogen-bond donors (Lipinski definition) is 1. The van der Waals surface area contributed by atoms with Crippen molar-refractivity contribution < 1.29 is 4.79 Å². The van der Waals surface area contributed by atoms with E-state index in [1.807, 2.05) is 0 Å². The largest absolute Gasteiger partial charge is 0.330 e. The summed E-state index contributed by atoms with van der Waals surface area (Å²) in [6.07, 6.45) is 12.0. The molecule has 0 aromatic carbocycles. The molecule has 2 nitrogen and oxygen atoms in total. The normalized spacial score (nSPS) is 12.9. The Balaban J connectivity index is 3.51. The van der Waals surface area contributed by atoms with E-state index >= 15 is 0 Å². The summed E-state index contributed by atoms with van der Waals surface area (Å²) in [6.45, 7) is 7.09. The van der Waals surface area contributed by atoms with Gasteiger partial charge >= 0.3 is 0 Å². The molecule has 114 valence electrons. The van der Waals surface area contributed by atoms with Crippen LogP contribution in [0, 0.1) is 11.8 Å². The second kappa shape index (κ2) is 12.7. The third-order valence-corrected chi connectivity index (χ3v) is 3.77. The lowest BCUT2D eigenvalue weighted by molar-refractivity contribution is -0.123. The van der Waals surface area contributed by atoms with E-state index in [1.165, 1.54) is 44.9 Å². The summed E-state index contributed by atoms with van der Waals surface area (Å²) >= 11 is 0. The van der Waals surface area contributed by atoms with E-state index in [-0.39, 0.29) is 5.92 Å². The monoisotopic (exact) mass is 269 g/mol. The van der Waals surface area contributed by atoms with Crippen molar-refractivity contribution in [1.29, 1.82) is 0 Å². The molecule has 0 aliphatic heterocycles. The standard InChI is InChI=1S/C17H35NO/c1-4-5-6-7-8-9-10-11-12-17(19)16(14-18)13-15(2)3/h15-16H,4-14,18H2,1-3H3. The number of nitrogens with two attached hydrogens (primary N) is 1. The first-order valence-electron chi connectivity index (χ1n) is 8.34. The van der Waals surface area contributed by atoms with Crippen LogP contribution < -0.4 is 5.73 Å². The minimum atomic E-state index is 0.101. The molecule has 0 heterocycles. The number of ketones is 1. The van der Waals surface area contributed by atoms with Crippen LogP contribution in [0.4, 0.5) is 0 Å². The van der Waals surface area contributed by atoms with E-state index in [2.05, 4.69) is 20.8 Å². The number of rotatable bonds is 13. The van der Waals surface area contributed by atoms with Crippen molar-refractivity contribution in [2.24, 2.45) is 17.6 Å². The van der Waals surface area contributed by atoms with Crippen LogP contribution in [0.3, 0.4) is 0 Å². The van der Waals surface area contributed by atoms with E-state index in [9.17, 15) is 4.79 Å². The van der Waals surface area contributed by atoms with Gasteiger partial charge < -0.3 is 5.73 Å².